The van der Waals surface area contributed by atoms with Crippen molar-refractivity contribution in [1.29, 1.82) is 0 Å². The third-order valence-electron chi connectivity index (χ3n) is 0.159. The molecule has 0 amide bonds. The lowest BCUT2D eigenvalue weighted by molar-refractivity contribution is -0.00697. The molecule has 0 saturated carbocycles. The molecule has 2 nitrogen and oxygen atoms in total. The van der Waals surface area contributed by atoms with Gasteiger partial charge in [0.05, 0.1) is 0 Å². The van der Waals surface area contributed by atoms with Crippen LogP contribution in [0.4, 0.5) is 0 Å². The SMILES string of the molecule is [C]#CC(O)(O)I. The molecular weight excluding hydrogens is 195 g/mol. The van der Waals surface area contributed by atoms with Crippen LogP contribution < -0.4 is 0 Å². The normalized spacial score (nSPS) is 10.3. The molecule has 0 aliphatic heterocycles. The molecule has 33 valence electrons. The van der Waals surface area contributed by atoms with Crippen molar-refractivity contribution in [3.05, 3.63) is 6.42 Å². The zero-order valence-corrected chi connectivity index (χ0v) is 4.93. The zero-order valence-electron chi connectivity index (χ0n) is 2.77. The van der Waals surface area contributed by atoms with Gasteiger partial charge in [-0.1, -0.05) is 0 Å². The van der Waals surface area contributed by atoms with Crippen molar-refractivity contribution < 1.29 is 10.2 Å². The van der Waals surface area contributed by atoms with Gasteiger partial charge < -0.3 is 10.2 Å². The summed E-state index contributed by atoms with van der Waals surface area (Å²) in [5.41, 5.74) is 0. The first-order chi connectivity index (χ1) is 2.56. The van der Waals surface area contributed by atoms with E-state index in [0.717, 1.165) is 0 Å². The maximum absolute atomic E-state index is 8.07. The van der Waals surface area contributed by atoms with Crippen LogP contribution >= 0.6 is 22.6 Å². The van der Waals surface area contributed by atoms with Gasteiger partial charge in [0.2, 0.25) is 0 Å². The molecule has 3 heteroatoms. The molecule has 0 aromatic heterocycles. The van der Waals surface area contributed by atoms with Crippen LogP contribution in [0.2, 0.25) is 0 Å². The molecule has 2 N–H and O–H groups in total. The van der Waals surface area contributed by atoms with E-state index in [1.165, 1.54) is 28.5 Å². The minimum Gasteiger partial charge on any atom is -0.348 e. The van der Waals surface area contributed by atoms with Crippen LogP contribution in [0.15, 0.2) is 0 Å². The molecule has 0 heterocycles. The molecule has 0 spiro atoms. The van der Waals surface area contributed by atoms with Gasteiger partial charge in [0.25, 0.3) is 3.79 Å². The molecule has 0 saturated heterocycles. The van der Waals surface area contributed by atoms with Gasteiger partial charge in [-0.25, -0.2) is 0 Å². The number of halogens is 1. The van der Waals surface area contributed by atoms with E-state index in [1.807, 2.05) is 0 Å². The van der Waals surface area contributed by atoms with Crippen molar-refractivity contribution in [3.8, 4) is 5.92 Å². The summed E-state index contributed by atoms with van der Waals surface area (Å²) in [7, 11) is 0. The fraction of sp³-hybridized carbons (Fsp3) is 0.333. The molecular formula is C3H2IO2. The minimum atomic E-state index is -2.07. The second kappa shape index (κ2) is 1.78. The fourth-order valence-electron chi connectivity index (χ4n) is 0. The van der Waals surface area contributed by atoms with Crippen LogP contribution in [0.3, 0.4) is 0 Å². The molecule has 1 radical (unpaired) electrons. The van der Waals surface area contributed by atoms with E-state index in [9.17, 15) is 0 Å². The molecule has 0 aliphatic carbocycles. The number of alkyl halides is 1. The van der Waals surface area contributed by atoms with E-state index in [4.69, 9.17) is 16.6 Å². The Balaban J connectivity index is 3.55. The summed E-state index contributed by atoms with van der Waals surface area (Å²) in [5.74, 6) is 1.45. The first kappa shape index (κ1) is 6.21. The highest BCUT2D eigenvalue weighted by atomic mass is 127. The molecule has 0 aliphatic rings. The second-order valence-electron chi connectivity index (χ2n) is 0.712. The zero-order chi connectivity index (χ0) is 5.21. The van der Waals surface area contributed by atoms with Crippen molar-refractivity contribution in [1.82, 2.24) is 0 Å². The number of rotatable bonds is 0. The molecule has 0 aromatic carbocycles. The highest BCUT2D eigenvalue weighted by Crippen LogP contribution is 2.05. The first-order valence-electron chi connectivity index (χ1n) is 1.14. The summed E-state index contributed by atoms with van der Waals surface area (Å²) < 4.78 is -2.07. The lowest BCUT2D eigenvalue weighted by Crippen LogP contribution is -2.13. The maximum Gasteiger partial charge on any atom is 0.283 e. The summed E-state index contributed by atoms with van der Waals surface area (Å²) in [5, 5.41) is 16.1. The molecule has 6 heavy (non-hydrogen) atoms. The summed E-state index contributed by atoms with van der Waals surface area (Å²) in [6.07, 6.45) is 6.10. The topological polar surface area (TPSA) is 40.5 Å². The minimum absolute atomic E-state index is 1.25. The van der Waals surface area contributed by atoms with E-state index in [-0.39, 0.29) is 0 Å². The maximum atomic E-state index is 8.07. The summed E-state index contributed by atoms with van der Waals surface area (Å²) in [6.45, 7) is 0. The van der Waals surface area contributed by atoms with Crippen molar-refractivity contribution in [3.63, 3.8) is 0 Å². The lowest BCUT2D eigenvalue weighted by Gasteiger charge is -1.99. The Morgan fingerprint density at radius 3 is 1.83 bits per heavy atom. The third-order valence-corrected chi connectivity index (χ3v) is 0.429. The van der Waals surface area contributed by atoms with Crippen LogP contribution in [0.5, 0.6) is 0 Å². The van der Waals surface area contributed by atoms with Crippen molar-refractivity contribution in [2.45, 2.75) is 3.79 Å². The van der Waals surface area contributed by atoms with E-state index in [0.29, 0.717) is 0 Å². The largest absolute Gasteiger partial charge is 0.348 e. The predicted octanol–water partition coefficient (Wildman–Crippen LogP) is -0.350. The van der Waals surface area contributed by atoms with Gasteiger partial charge >= 0.3 is 0 Å². The molecule has 0 atom stereocenters. The van der Waals surface area contributed by atoms with Gasteiger partial charge in [-0.15, -0.1) is 0 Å². The van der Waals surface area contributed by atoms with Crippen molar-refractivity contribution in [2.75, 3.05) is 0 Å². The Morgan fingerprint density at radius 2 is 1.83 bits per heavy atom. The standard InChI is InChI=1S/C3H2IO2/c1-2-3(4,5)6/h5-6H. The fourth-order valence-corrected chi connectivity index (χ4v) is 0. The summed E-state index contributed by atoms with van der Waals surface area (Å²) in [4.78, 5) is 0. The highest BCUT2D eigenvalue weighted by Gasteiger charge is 2.10. The van der Waals surface area contributed by atoms with E-state index in [1.54, 1.807) is 0 Å². The molecule has 0 rings (SSSR count). The lowest BCUT2D eigenvalue weighted by atomic mass is 10.7. The van der Waals surface area contributed by atoms with Crippen LogP contribution in [0, 0.1) is 12.3 Å². The van der Waals surface area contributed by atoms with Gasteiger partial charge in [0.1, 0.15) is 0 Å². The number of hydrogen-bond donors (Lipinski definition) is 2. The summed E-state index contributed by atoms with van der Waals surface area (Å²) >= 11 is 1.25. The van der Waals surface area contributed by atoms with Gasteiger partial charge in [-0.3, -0.25) is 0 Å². The third kappa shape index (κ3) is 4.21. The van der Waals surface area contributed by atoms with Crippen LogP contribution in [0.1, 0.15) is 0 Å². The Bertz CT molecular complexity index is 75.8. The smallest absolute Gasteiger partial charge is 0.283 e. The number of hydrogen-bond acceptors (Lipinski definition) is 2. The van der Waals surface area contributed by atoms with Crippen LogP contribution in [-0.4, -0.2) is 14.0 Å². The Kier molecular flexibility index (Phi) is 1.84. The Labute approximate surface area is 49.3 Å². The molecule has 0 aromatic rings. The highest BCUT2D eigenvalue weighted by molar-refractivity contribution is 14.1. The van der Waals surface area contributed by atoms with Crippen LogP contribution in [-0.2, 0) is 0 Å². The second-order valence-corrected chi connectivity index (χ2v) is 2.22. The van der Waals surface area contributed by atoms with Crippen molar-refractivity contribution >= 4 is 22.6 Å². The average molecular weight is 197 g/mol. The van der Waals surface area contributed by atoms with Gasteiger partial charge in [-0.05, 0) is 12.3 Å². The quantitative estimate of drug-likeness (QED) is 0.241. The summed E-state index contributed by atoms with van der Waals surface area (Å²) in [6, 6.07) is 0. The van der Waals surface area contributed by atoms with Crippen LogP contribution in [0.25, 0.3) is 0 Å². The molecule has 0 fully saturated rings. The van der Waals surface area contributed by atoms with Gasteiger partial charge in [-0.2, -0.15) is 0 Å². The van der Waals surface area contributed by atoms with Gasteiger partial charge in [0, 0.05) is 22.6 Å². The van der Waals surface area contributed by atoms with Crippen molar-refractivity contribution in [2.24, 2.45) is 0 Å². The van der Waals surface area contributed by atoms with Gasteiger partial charge in [0.15, 0.2) is 0 Å². The first-order valence-corrected chi connectivity index (χ1v) is 2.21. The predicted molar refractivity (Wildman–Crippen MR) is 28.3 cm³/mol. The average Bonchev–Trinajstić information content (AvgIpc) is 1.35. The van der Waals surface area contributed by atoms with E-state index in [2.05, 4.69) is 0 Å². The number of aliphatic hydroxyl groups is 2. The van der Waals surface area contributed by atoms with E-state index < -0.39 is 3.79 Å². The monoisotopic (exact) mass is 197 g/mol. The Morgan fingerprint density at radius 1 is 1.67 bits per heavy atom. The Hall–Kier alpha value is 0.210. The molecule has 0 bridgehead atoms. The molecule has 0 unspecified atom stereocenters. The van der Waals surface area contributed by atoms with E-state index >= 15 is 0 Å².